The van der Waals surface area contributed by atoms with Crippen LogP contribution in [-0.2, 0) is 9.53 Å². The molecule has 0 saturated heterocycles. The van der Waals surface area contributed by atoms with E-state index >= 15 is 0 Å². The van der Waals surface area contributed by atoms with Gasteiger partial charge in [-0.25, -0.2) is 4.79 Å². The molecule has 24 heavy (non-hydrogen) atoms. The summed E-state index contributed by atoms with van der Waals surface area (Å²) in [5, 5.41) is 7.85. The van der Waals surface area contributed by atoms with E-state index in [1.165, 1.54) is 0 Å². The number of nitrogens with one attached hydrogen (secondary N) is 3. The SMILES string of the molecule is COCCNC(=O)NC(=O)CNc1ccccc1-c1ccccc1. The lowest BCUT2D eigenvalue weighted by molar-refractivity contribution is -0.118. The Bertz CT molecular complexity index is 674. The fraction of sp³-hybridized carbons (Fsp3) is 0.222. The van der Waals surface area contributed by atoms with Crippen molar-refractivity contribution in [1.82, 2.24) is 10.6 Å². The van der Waals surface area contributed by atoms with Crippen LogP contribution in [0.25, 0.3) is 11.1 Å². The Balaban J connectivity index is 1.91. The zero-order valence-corrected chi connectivity index (χ0v) is 13.5. The first kappa shape index (κ1) is 17.5. The molecule has 0 saturated carbocycles. The number of hydrogen-bond donors (Lipinski definition) is 3. The Morgan fingerprint density at radius 2 is 1.71 bits per heavy atom. The highest BCUT2D eigenvalue weighted by atomic mass is 16.5. The molecular weight excluding hydrogens is 306 g/mol. The third-order valence-electron chi connectivity index (χ3n) is 3.30. The monoisotopic (exact) mass is 327 g/mol. The first-order valence-corrected chi connectivity index (χ1v) is 7.65. The molecule has 0 radical (unpaired) electrons. The quantitative estimate of drug-likeness (QED) is 0.682. The van der Waals surface area contributed by atoms with Crippen molar-refractivity contribution in [1.29, 1.82) is 0 Å². The van der Waals surface area contributed by atoms with Crippen molar-refractivity contribution < 1.29 is 14.3 Å². The number of rotatable bonds is 7. The van der Waals surface area contributed by atoms with Crippen LogP contribution in [0, 0.1) is 0 Å². The maximum absolute atomic E-state index is 11.8. The van der Waals surface area contributed by atoms with E-state index in [4.69, 9.17) is 4.74 Å². The Kier molecular flexibility index (Phi) is 6.79. The number of carbonyl (C=O) groups excluding carboxylic acids is 2. The normalized spacial score (nSPS) is 10.0. The summed E-state index contributed by atoms with van der Waals surface area (Å²) in [5.41, 5.74) is 2.88. The van der Waals surface area contributed by atoms with Gasteiger partial charge in [0.05, 0.1) is 13.2 Å². The van der Waals surface area contributed by atoms with Gasteiger partial charge in [0.2, 0.25) is 5.91 Å². The van der Waals surface area contributed by atoms with E-state index in [1.807, 2.05) is 54.6 Å². The van der Waals surface area contributed by atoms with Crippen molar-refractivity contribution in [2.75, 3.05) is 32.1 Å². The van der Waals surface area contributed by atoms with Gasteiger partial charge in [-0.3, -0.25) is 10.1 Å². The molecule has 2 aromatic rings. The fourth-order valence-corrected chi connectivity index (χ4v) is 2.16. The Labute approximate surface area is 141 Å². The van der Waals surface area contributed by atoms with Crippen LogP contribution in [0.3, 0.4) is 0 Å². The largest absolute Gasteiger partial charge is 0.383 e. The van der Waals surface area contributed by atoms with Gasteiger partial charge in [0, 0.05) is 24.9 Å². The molecule has 126 valence electrons. The lowest BCUT2D eigenvalue weighted by Crippen LogP contribution is -2.43. The smallest absolute Gasteiger partial charge is 0.321 e. The molecule has 0 heterocycles. The number of anilines is 1. The average Bonchev–Trinajstić information content (AvgIpc) is 2.61. The number of methoxy groups -OCH3 is 1. The van der Waals surface area contributed by atoms with Gasteiger partial charge in [-0.05, 0) is 11.6 Å². The van der Waals surface area contributed by atoms with Crippen LogP contribution < -0.4 is 16.0 Å². The van der Waals surface area contributed by atoms with Crippen LogP contribution in [0.5, 0.6) is 0 Å². The molecule has 6 nitrogen and oxygen atoms in total. The summed E-state index contributed by atoms with van der Waals surface area (Å²) < 4.78 is 4.82. The molecule has 0 atom stereocenters. The van der Waals surface area contributed by atoms with Crippen molar-refractivity contribution in [3.63, 3.8) is 0 Å². The number of hydrogen-bond acceptors (Lipinski definition) is 4. The molecule has 6 heteroatoms. The molecular formula is C18H21N3O3. The number of amides is 3. The van der Waals surface area contributed by atoms with E-state index in [1.54, 1.807) is 7.11 Å². The maximum atomic E-state index is 11.8. The molecule has 0 aliphatic carbocycles. The molecule has 0 spiro atoms. The molecule has 0 bridgehead atoms. The minimum atomic E-state index is -0.532. The molecule has 3 N–H and O–H groups in total. The summed E-state index contributed by atoms with van der Waals surface area (Å²) in [6.07, 6.45) is 0. The maximum Gasteiger partial charge on any atom is 0.321 e. The van der Waals surface area contributed by atoms with Crippen LogP contribution in [-0.4, -0.2) is 38.7 Å². The highest BCUT2D eigenvalue weighted by molar-refractivity contribution is 5.96. The molecule has 0 aromatic heterocycles. The summed E-state index contributed by atoms with van der Waals surface area (Å²) in [7, 11) is 1.54. The molecule has 0 aliphatic rings. The second-order valence-corrected chi connectivity index (χ2v) is 5.06. The van der Waals surface area contributed by atoms with Crippen molar-refractivity contribution in [2.45, 2.75) is 0 Å². The van der Waals surface area contributed by atoms with Crippen molar-refractivity contribution >= 4 is 17.6 Å². The zero-order valence-electron chi connectivity index (χ0n) is 13.5. The summed E-state index contributed by atoms with van der Waals surface area (Å²) in [4.78, 5) is 23.3. The number of carbonyl (C=O) groups is 2. The predicted octanol–water partition coefficient (Wildman–Crippen LogP) is 2.24. The number of ether oxygens (including phenoxy) is 1. The molecule has 2 rings (SSSR count). The second kappa shape index (κ2) is 9.32. The topological polar surface area (TPSA) is 79.5 Å². The van der Waals surface area contributed by atoms with Crippen molar-refractivity contribution in [3.05, 3.63) is 54.6 Å². The highest BCUT2D eigenvalue weighted by Gasteiger charge is 2.09. The van der Waals surface area contributed by atoms with Crippen LogP contribution in [0.2, 0.25) is 0 Å². The number of benzene rings is 2. The minimum Gasteiger partial charge on any atom is -0.383 e. The lowest BCUT2D eigenvalue weighted by Gasteiger charge is -2.12. The zero-order chi connectivity index (χ0) is 17.2. The lowest BCUT2D eigenvalue weighted by atomic mass is 10.0. The Morgan fingerprint density at radius 1 is 1.00 bits per heavy atom. The number of para-hydroxylation sites is 1. The standard InChI is InChI=1S/C18H21N3O3/c1-24-12-11-19-18(23)21-17(22)13-20-16-10-6-5-9-15(16)14-7-3-2-4-8-14/h2-10,20H,11-13H2,1H3,(H2,19,21,22,23). The summed E-state index contributed by atoms with van der Waals surface area (Å²) >= 11 is 0. The molecule has 0 aliphatic heterocycles. The van der Waals surface area contributed by atoms with Gasteiger partial charge in [0.25, 0.3) is 0 Å². The molecule has 0 unspecified atom stereocenters. The van der Waals surface area contributed by atoms with Crippen molar-refractivity contribution in [2.24, 2.45) is 0 Å². The first-order valence-electron chi connectivity index (χ1n) is 7.65. The first-order chi connectivity index (χ1) is 11.7. The van der Waals surface area contributed by atoms with Gasteiger partial charge < -0.3 is 15.4 Å². The number of imide groups is 1. The van der Waals surface area contributed by atoms with E-state index in [-0.39, 0.29) is 6.54 Å². The summed E-state index contributed by atoms with van der Waals surface area (Å²) in [6, 6.07) is 17.1. The minimum absolute atomic E-state index is 0.00153. The molecule has 0 fully saturated rings. The van der Waals surface area contributed by atoms with Gasteiger partial charge in [0.15, 0.2) is 0 Å². The average molecular weight is 327 g/mol. The van der Waals surface area contributed by atoms with Crippen molar-refractivity contribution in [3.8, 4) is 11.1 Å². The van der Waals surface area contributed by atoms with E-state index in [9.17, 15) is 9.59 Å². The van der Waals surface area contributed by atoms with Gasteiger partial charge in [-0.1, -0.05) is 48.5 Å². The van der Waals surface area contributed by atoms with Crippen LogP contribution >= 0.6 is 0 Å². The van der Waals surface area contributed by atoms with Crippen LogP contribution in [0.4, 0.5) is 10.5 Å². The van der Waals surface area contributed by atoms with E-state index < -0.39 is 11.9 Å². The predicted molar refractivity (Wildman–Crippen MR) is 93.8 cm³/mol. The van der Waals surface area contributed by atoms with E-state index in [0.717, 1.165) is 16.8 Å². The van der Waals surface area contributed by atoms with Gasteiger partial charge in [-0.15, -0.1) is 0 Å². The third-order valence-corrected chi connectivity index (χ3v) is 3.30. The van der Waals surface area contributed by atoms with Gasteiger partial charge in [0.1, 0.15) is 0 Å². The van der Waals surface area contributed by atoms with Crippen LogP contribution in [0.15, 0.2) is 54.6 Å². The number of urea groups is 1. The summed E-state index contributed by atoms with van der Waals surface area (Å²) in [6.45, 7) is 0.742. The third kappa shape index (κ3) is 5.40. The Hall–Kier alpha value is -2.86. The second-order valence-electron chi connectivity index (χ2n) is 5.06. The molecule has 2 aromatic carbocycles. The molecule has 3 amide bonds. The van der Waals surface area contributed by atoms with Gasteiger partial charge >= 0.3 is 6.03 Å². The Morgan fingerprint density at radius 3 is 2.46 bits per heavy atom. The highest BCUT2D eigenvalue weighted by Crippen LogP contribution is 2.27. The van der Waals surface area contributed by atoms with Crippen LogP contribution in [0.1, 0.15) is 0 Å². The van der Waals surface area contributed by atoms with E-state index in [0.29, 0.717) is 13.2 Å². The van der Waals surface area contributed by atoms with Gasteiger partial charge in [-0.2, -0.15) is 0 Å². The summed E-state index contributed by atoms with van der Waals surface area (Å²) in [5.74, 6) is -0.409. The van der Waals surface area contributed by atoms with E-state index in [2.05, 4.69) is 16.0 Å². The fourth-order valence-electron chi connectivity index (χ4n) is 2.16.